The summed E-state index contributed by atoms with van der Waals surface area (Å²) >= 11 is 0. The molecule has 3 aromatic rings. The summed E-state index contributed by atoms with van der Waals surface area (Å²) in [4.78, 5) is 15.1. The van der Waals surface area contributed by atoms with Crippen molar-refractivity contribution in [1.29, 1.82) is 0 Å². The van der Waals surface area contributed by atoms with Crippen molar-refractivity contribution in [1.82, 2.24) is 23.8 Å². The van der Waals surface area contributed by atoms with Crippen LogP contribution in [0.4, 0.5) is 5.82 Å². The van der Waals surface area contributed by atoms with Gasteiger partial charge in [-0.15, -0.1) is 0 Å². The highest BCUT2D eigenvalue weighted by atomic mass is 32.2. The minimum Gasteiger partial charge on any atom is -0.492 e. The number of hydrogen-bond donors (Lipinski definition) is 0. The summed E-state index contributed by atoms with van der Waals surface area (Å²) in [5, 5.41) is 0. The van der Waals surface area contributed by atoms with Gasteiger partial charge >= 0.3 is 0 Å². The predicted molar refractivity (Wildman–Crippen MR) is 118 cm³/mol. The van der Waals surface area contributed by atoms with E-state index in [1.807, 2.05) is 54.8 Å². The summed E-state index contributed by atoms with van der Waals surface area (Å²) in [5.41, 5.74) is 1.98. The average molecular weight is 443 g/mol. The summed E-state index contributed by atoms with van der Waals surface area (Å²) < 4.78 is 34.4. The Bertz CT molecular complexity index is 1130. The standard InChI is InChI=1S/C21H26N6O3S/c1-17-18(2)27(16-24-17)21-14-20(22-15-23-21)25-8-10-26(11-9-25)31(28,29)13-12-30-19-6-4-3-5-7-19/h3-7,14-16H,8-13H2,1-2H3. The van der Waals surface area contributed by atoms with Crippen molar-refractivity contribution in [3.05, 3.63) is 60.4 Å². The number of ether oxygens (including phenoxy) is 1. The monoisotopic (exact) mass is 442 g/mol. The van der Waals surface area contributed by atoms with E-state index in [0.717, 1.165) is 23.0 Å². The van der Waals surface area contributed by atoms with Crippen molar-refractivity contribution in [3.63, 3.8) is 0 Å². The second kappa shape index (κ2) is 9.03. The van der Waals surface area contributed by atoms with Gasteiger partial charge in [-0.2, -0.15) is 4.31 Å². The first-order valence-electron chi connectivity index (χ1n) is 10.2. The Morgan fingerprint density at radius 2 is 1.68 bits per heavy atom. The van der Waals surface area contributed by atoms with Crippen LogP contribution >= 0.6 is 0 Å². The molecule has 0 aliphatic carbocycles. The molecule has 0 atom stereocenters. The van der Waals surface area contributed by atoms with Crippen LogP contribution in [-0.4, -0.2) is 70.8 Å². The summed E-state index contributed by atoms with van der Waals surface area (Å²) in [6.07, 6.45) is 3.28. The van der Waals surface area contributed by atoms with Crippen LogP contribution in [0.5, 0.6) is 5.75 Å². The lowest BCUT2D eigenvalue weighted by Gasteiger charge is -2.34. The first kappa shape index (κ1) is 21.3. The van der Waals surface area contributed by atoms with E-state index in [-0.39, 0.29) is 12.4 Å². The Kier molecular flexibility index (Phi) is 6.19. The molecule has 0 unspecified atom stereocenters. The fourth-order valence-corrected chi connectivity index (χ4v) is 4.75. The highest BCUT2D eigenvalue weighted by molar-refractivity contribution is 7.89. The SMILES string of the molecule is Cc1ncn(-c2cc(N3CCN(S(=O)(=O)CCOc4ccccc4)CC3)ncn2)c1C. The fraction of sp³-hybridized carbons (Fsp3) is 0.381. The molecule has 31 heavy (non-hydrogen) atoms. The molecule has 0 N–H and O–H groups in total. The number of piperazine rings is 1. The van der Waals surface area contributed by atoms with Gasteiger partial charge in [0.2, 0.25) is 10.0 Å². The molecular formula is C21H26N6O3S. The molecule has 1 saturated heterocycles. The number of para-hydroxylation sites is 1. The molecule has 0 bridgehead atoms. The molecule has 1 aromatic carbocycles. The minimum absolute atomic E-state index is 0.0429. The third-order valence-electron chi connectivity index (χ3n) is 5.45. The molecule has 0 amide bonds. The van der Waals surface area contributed by atoms with E-state index in [1.54, 1.807) is 6.33 Å². The van der Waals surface area contributed by atoms with E-state index in [4.69, 9.17) is 4.74 Å². The highest BCUT2D eigenvalue weighted by Crippen LogP contribution is 2.19. The van der Waals surface area contributed by atoms with E-state index >= 15 is 0 Å². The summed E-state index contributed by atoms with van der Waals surface area (Å²) in [5.74, 6) is 2.15. The molecule has 10 heteroatoms. The van der Waals surface area contributed by atoms with E-state index in [2.05, 4.69) is 19.9 Å². The smallest absolute Gasteiger partial charge is 0.217 e. The van der Waals surface area contributed by atoms with E-state index < -0.39 is 10.0 Å². The van der Waals surface area contributed by atoms with Gasteiger partial charge in [0, 0.05) is 37.9 Å². The van der Waals surface area contributed by atoms with Crippen LogP contribution in [0.1, 0.15) is 11.4 Å². The predicted octanol–water partition coefficient (Wildman–Crippen LogP) is 1.81. The van der Waals surface area contributed by atoms with Gasteiger partial charge in [-0.1, -0.05) is 18.2 Å². The highest BCUT2D eigenvalue weighted by Gasteiger charge is 2.27. The molecule has 1 fully saturated rings. The van der Waals surface area contributed by atoms with Gasteiger partial charge in [-0.05, 0) is 26.0 Å². The molecule has 0 spiro atoms. The van der Waals surface area contributed by atoms with E-state index in [1.165, 1.54) is 10.6 Å². The molecule has 164 valence electrons. The van der Waals surface area contributed by atoms with Gasteiger partial charge in [0.05, 0.1) is 11.4 Å². The molecule has 3 heterocycles. The van der Waals surface area contributed by atoms with Crippen molar-refractivity contribution in [3.8, 4) is 11.6 Å². The molecular weight excluding hydrogens is 416 g/mol. The van der Waals surface area contributed by atoms with Crippen LogP contribution < -0.4 is 9.64 Å². The summed E-state index contributed by atoms with van der Waals surface area (Å²) in [6.45, 7) is 6.04. The van der Waals surface area contributed by atoms with E-state index in [9.17, 15) is 8.42 Å². The fourth-order valence-electron chi connectivity index (χ4n) is 3.48. The van der Waals surface area contributed by atoms with Gasteiger partial charge in [0.1, 0.15) is 36.6 Å². The molecule has 2 aromatic heterocycles. The average Bonchev–Trinajstić information content (AvgIpc) is 3.13. The number of rotatable bonds is 7. The molecule has 0 radical (unpaired) electrons. The third kappa shape index (κ3) is 4.86. The van der Waals surface area contributed by atoms with Crippen molar-refractivity contribution < 1.29 is 13.2 Å². The van der Waals surface area contributed by atoms with Gasteiger partial charge < -0.3 is 9.64 Å². The quantitative estimate of drug-likeness (QED) is 0.551. The Labute approximate surface area is 182 Å². The van der Waals surface area contributed by atoms with Gasteiger partial charge in [-0.3, -0.25) is 4.57 Å². The minimum atomic E-state index is -3.38. The van der Waals surface area contributed by atoms with Crippen molar-refractivity contribution in [2.75, 3.05) is 43.4 Å². The van der Waals surface area contributed by atoms with Gasteiger partial charge in [-0.25, -0.2) is 23.4 Å². The van der Waals surface area contributed by atoms with Crippen LogP contribution in [0.15, 0.2) is 49.1 Å². The number of benzene rings is 1. The molecule has 9 nitrogen and oxygen atoms in total. The topological polar surface area (TPSA) is 93.5 Å². The lowest BCUT2D eigenvalue weighted by Crippen LogP contribution is -2.50. The molecule has 0 saturated carbocycles. The van der Waals surface area contributed by atoms with Crippen molar-refractivity contribution >= 4 is 15.8 Å². The van der Waals surface area contributed by atoms with Gasteiger partial charge in [0.15, 0.2) is 0 Å². The Balaban J connectivity index is 1.35. The number of anilines is 1. The molecule has 1 aliphatic heterocycles. The summed E-state index contributed by atoms with van der Waals surface area (Å²) in [7, 11) is -3.38. The number of aryl methyl sites for hydroxylation is 1. The maximum atomic E-state index is 12.7. The Hall–Kier alpha value is -2.98. The van der Waals surface area contributed by atoms with Crippen molar-refractivity contribution in [2.45, 2.75) is 13.8 Å². The van der Waals surface area contributed by atoms with Crippen molar-refractivity contribution in [2.24, 2.45) is 0 Å². The zero-order valence-electron chi connectivity index (χ0n) is 17.7. The second-order valence-corrected chi connectivity index (χ2v) is 9.47. The number of hydrogen-bond acceptors (Lipinski definition) is 7. The zero-order valence-corrected chi connectivity index (χ0v) is 18.5. The van der Waals surface area contributed by atoms with Crippen LogP contribution in [0.2, 0.25) is 0 Å². The third-order valence-corrected chi connectivity index (χ3v) is 7.28. The normalized spacial score (nSPS) is 15.2. The lowest BCUT2D eigenvalue weighted by molar-refractivity contribution is 0.331. The van der Waals surface area contributed by atoms with Crippen LogP contribution in [0.25, 0.3) is 5.82 Å². The van der Waals surface area contributed by atoms with Crippen LogP contribution in [0.3, 0.4) is 0 Å². The largest absolute Gasteiger partial charge is 0.492 e. The first-order valence-corrected chi connectivity index (χ1v) is 11.8. The zero-order chi connectivity index (χ0) is 21.8. The number of imidazole rings is 1. The van der Waals surface area contributed by atoms with Gasteiger partial charge in [0.25, 0.3) is 0 Å². The Morgan fingerprint density at radius 3 is 2.35 bits per heavy atom. The van der Waals surface area contributed by atoms with Crippen LogP contribution in [0, 0.1) is 13.8 Å². The molecule has 1 aliphatic rings. The number of nitrogens with zero attached hydrogens (tertiary/aromatic N) is 6. The second-order valence-electron chi connectivity index (χ2n) is 7.38. The molecule has 4 rings (SSSR count). The Morgan fingerprint density at radius 1 is 0.968 bits per heavy atom. The first-order chi connectivity index (χ1) is 14.9. The van der Waals surface area contributed by atoms with Crippen LogP contribution in [-0.2, 0) is 10.0 Å². The maximum absolute atomic E-state index is 12.7. The maximum Gasteiger partial charge on any atom is 0.217 e. The summed E-state index contributed by atoms with van der Waals surface area (Å²) in [6, 6.07) is 11.1. The number of sulfonamides is 1. The number of aromatic nitrogens is 4. The van der Waals surface area contributed by atoms with E-state index in [0.29, 0.717) is 31.9 Å². The lowest BCUT2D eigenvalue weighted by atomic mass is 10.3.